The highest BCUT2D eigenvalue weighted by Crippen LogP contribution is 2.29. The summed E-state index contributed by atoms with van der Waals surface area (Å²) >= 11 is 11.6. The molecular weight excluding hydrogens is 185 g/mol. The molecule has 1 unspecified atom stereocenters. The molecule has 1 heterocycles. The van der Waals surface area contributed by atoms with Crippen LogP contribution in [0.3, 0.4) is 0 Å². The van der Waals surface area contributed by atoms with Crippen LogP contribution < -0.4 is 5.32 Å². The molecule has 11 heavy (non-hydrogen) atoms. The lowest BCUT2D eigenvalue weighted by Crippen LogP contribution is -2.33. The zero-order valence-corrected chi connectivity index (χ0v) is 7.82. The number of hydrogen-bond donors (Lipinski definition) is 1. The van der Waals surface area contributed by atoms with Crippen LogP contribution in [-0.4, -0.2) is 16.8 Å². The number of hydrogen-bond acceptors (Lipinski definition) is 3. The van der Waals surface area contributed by atoms with Gasteiger partial charge in [-0.3, -0.25) is 0 Å². The number of rotatable bonds is 1. The Bertz CT molecular complexity index is 212. The summed E-state index contributed by atoms with van der Waals surface area (Å²) in [7, 11) is 0. The van der Waals surface area contributed by atoms with Crippen LogP contribution in [0.5, 0.6) is 0 Å². The lowest BCUT2D eigenvalue weighted by molar-refractivity contribution is 0.454. The van der Waals surface area contributed by atoms with Gasteiger partial charge in [-0.2, -0.15) is 0 Å². The monoisotopic (exact) mass is 193 g/mol. The Labute approximate surface area is 75.5 Å². The minimum Gasteiger partial charge on any atom is -0.322 e. The van der Waals surface area contributed by atoms with Crippen molar-refractivity contribution in [2.24, 2.45) is 15.9 Å². The third-order valence-electron chi connectivity index (χ3n) is 1.42. The lowest BCUT2D eigenvalue weighted by Gasteiger charge is -2.24. The van der Waals surface area contributed by atoms with Gasteiger partial charge >= 0.3 is 0 Å². The number of halogens is 2. The first-order valence-corrected chi connectivity index (χ1v) is 4.04. The molecule has 1 N–H and O–H groups in total. The molecule has 0 radical (unpaired) electrons. The van der Waals surface area contributed by atoms with Gasteiger partial charge in [0, 0.05) is 5.92 Å². The van der Waals surface area contributed by atoms with Crippen LogP contribution in [0.25, 0.3) is 0 Å². The van der Waals surface area contributed by atoms with Crippen molar-refractivity contribution in [2.75, 3.05) is 0 Å². The molecule has 5 heteroatoms. The number of aliphatic imine (C=N–C) groups is 2. The van der Waals surface area contributed by atoms with Gasteiger partial charge in [-0.25, -0.2) is 9.98 Å². The van der Waals surface area contributed by atoms with Gasteiger partial charge in [-0.05, 0) is 11.6 Å². The molecule has 0 aromatic rings. The van der Waals surface area contributed by atoms with Crippen LogP contribution in [0.2, 0.25) is 0 Å². The quantitative estimate of drug-likeness (QED) is 0.501. The second-order valence-electron chi connectivity index (χ2n) is 2.60. The number of alkyl halides is 1. The summed E-state index contributed by atoms with van der Waals surface area (Å²) in [6.07, 6.45) is 1.46. The van der Waals surface area contributed by atoms with Gasteiger partial charge in [-0.1, -0.05) is 25.4 Å². The van der Waals surface area contributed by atoms with Gasteiger partial charge < -0.3 is 5.32 Å². The molecule has 0 bridgehead atoms. The molecule has 1 aliphatic heterocycles. The average molecular weight is 194 g/mol. The maximum absolute atomic E-state index is 5.99. The summed E-state index contributed by atoms with van der Waals surface area (Å²) in [5.41, 5.74) is 0. The minimum absolute atomic E-state index is 0.122. The van der Waals surface area contributed by atoms with Gasteiger partial charge in [0.1, 0.15) is 0 Å². The van der Waals surface area contributed by atoms with E-state index in [4.69, 9.17) is 23.2 Å². The molecule has 0 aromatic heterocycles. The van der Waals surface area contributed by atoms with Gasteiger partial charge in [0.2, 0.25) is 5.12 Å². The van der Waals surface area contributed by atoms with E-state index in [1.165, 1.54) is 6.34 Å². The largest absolute Gasteiger partial charge is 0.322 e. The molecule has 0 aromatic carbocycles. The third kappa shape index (κ3) is 1.84. The first-order chi connectivity index (χ1) is 5.04. The second kappa shape index (κ2) is 2.99. The van der Waals surface area contributed by atoms with Crippen LogP contribution in [0.1, 0.15) is 13.8 Å². The highest BCUT2D eigenvalue weighted by molar-refractivity contribution is 6.66. The molecule has 1 atom stereocenters. The molecule has 0 spiro atoms. The Morgan fingerprint density at radius 3 is 2.64 bits per heavy atom. The van der Waals surface area contributed by atoms with E-state index in [9.17, 15) is 0 Å². The van der Waals surface area contributed by atoms with Crippen molar-refractivity contribution in [1.82, 2.24) is 5.32 Å². The lowest BCUT2D eigenvalue weighted by atomic mass is 10.1. The fraction of sp³-hybridized carbons (Fsp3) is 0.667. The van der Waals surface area contributed by atoms with Crippen molar-refractivity contribution in [3.05, 3.63) is 0 Å². The maximum atomic E-state index is 5.99. The minimum atomic E-state index is -0.914. The number of nitrogens with one attached hydrogen (secondary N) is 1. The summed E-state index contributed by atoms with van der Waals surface area (Å²) in [5.74, 6) is 0.122. The van der Waals surface area contributed by atoms with Crippen molar-refractivity contribution in [3.63, 3.8) is 0 Å². The van der Waals surface area contributed by atoms with Crippen LogP contribution in [-0.2, 0) is 0 Å². The zero-order valence-electron chi connectivity index (χ0n) is 6.31. The topological polar surface area (TPSA) is 36.8 Å². The molecule has 0 aliphatic carbocycles. The summed E-state index contributed by atoms with van der Waals surface area (Å²) in [5, 5.41) is 2.00. The molecule has 1 rings (SSSR count). The van der Waals surface area contributed by atoms with E-state index >= 15 is 0 Å². The maximum Gasteiger partial charge on any atom is 0.232 e. The second-order valence-corrected chi connectivity index (χ2v) is 3.51. The first kappa shape index (κ1) is 8.81. The van der Waals surface area contributed by atoms with Gasteiger partial charge in [0.05, 0.1) is 6.34 Å². The summed E-state index contributed by atoms with van der Waals surface area (Å²) < 4.78 is 0. The van der Waals surface area contributed by atoms with Gasteiger partial charge in [0.15, 0.2) is 5.29 Å². The molecule has 0 amide bonds. The van der Waals surface area contributed by atoms with E-state index in [1.54, 1.807) is 0 Å². The molecule has 3 nitrogen and oxygen atoms in total. The summed E-state index contributed by atoms with van der Waals surface area (Å²) in [4.78, 5) is 7.92. The van der Waals surface area contributed by atoms with Crippen LogP contribution >= 0.6 is 23.2 Å². The normalized spacial score (nSPS) is 30.1. The van der Waals surface area contributed by atoms with Crippen LogP contribution in [0.15, 0.2) is 9.98 Å². The van der Waals surface area contributed by atoms with E-state index in [0.29, 0.717) is 0 Å². The fourth-order valence-corrected chi connectivity index (χ4v) is 1.01. The highest BCUT2D eigenvalue weighted by Gasteiger charge is 2.31. The average Bonchev–Trinajstić information content (AvgIpc) is 1.86. The fourth-order valence-electron chi connectivity index (χ4n) is 0.653. The smallest absolute Gasteiger partial charge is 0.232 e. The molecule has 0 saturated carbocycles. The Hall–Kier alpha value is -0.280. The predicted octanol–water partition coefficient (Wildman–Crippen LogP) is 1.76. The predicted molar refractivity (Wildman–Crippen MR) is 48.3 cm³/mol. The van der Waals surface area contributed by atoms with E-state index in [2.05, 4.69) is 15.3 Å². The van der Waals surface area contributed by atoms with Crippen molar-refractivity contribution in [1.29, 1.82) is 0 Å². The van der Waals surface area contributed by atoms with Crippen molar-refractivity contribution >= 4 is 34.8 Å². The van der Waals surface area contributed by atoms with E-state index in [-0.39, 0.29) is 11.2 Å². The zero-order chi connectivity index (χ0) is 8.48. The third-order valence-corrected chi connectivity index (χ3v) is 2.23. The molecule has 0 saturated heterocycles. The highest BCUT2D eigenvalue weighted by atomic mass is 35.5. The first-order valence-electron chi connectivity index (χ1n) is 3.29. The van der Waals surface area contributed by atoms with E-state index in [1.807, 2.05) is 13.8 Å². The van der Waals surface area contributed by atoms with Gasteiger partial charge in [0.25, 0.3) is 0 Å². The molecule has 1 aliphatic rings. The van der Waals surface area contributed by atoms with Crippen molar-refractivity contribution in [3.8, 4) is 0 Å². The van der Waals surface area contributed by atoms with E-state index in [0.717, 1.165) is 0 Å². The van der Waals surface area contributed by atoms with Crippen LogP contribution in [0, 0.1) is 5.92 Å². The Morgan fingerprint density at radius 1 is 1.64 bits per heavy atom. The molecule has 0 fully saturated rings. The van der Waals surface area contributed by atoms with Crippen molar-refractivity contribution in [2.45, 2.75) is 19.0 Å². The Morgan fingerprint density at radius 2 is 2.27 bits per heavy atom. The number of amidine groups is 1. The SMILES string of the molecule is CC(C)C1(Cl)N=CNC(Cl)=N1. The van der Waals surface area contributed by atoms with E-state index < -0.39 is 5.12 Å². The number of nitrogens with zero attached hydrogens (tertiary/aromatic N) is 2. The Balaban J connectivity index is 2.85. The standard InChI is InChI=1S/C6H9Cl2N3/c1-4(2)6(8)10-3-9-5(7)11-6/h3-4H,1-2H3,(H,9,10,11). The molecule has 62 valence electrons. The van der Waals surface area contributed by atoms with Crippen LogP contribution in [0.4, 0.5) is 0 Å². The molecular formula is C6H9Cl2N3. The van der Waals surface area contributed by atoms with Crippen molar-refractivity contribution < 1.29 is 0 Å². The Kier molecular flexibility index (Phi) is 2.40. The van der Waals surface area contributed by atoms with Gasteiger partial charge in [-0.15, -0.1) is 0 Å². The summed E-state index contributed by atoms with van der Waals surface area (Å²) in [6, 6.07) is 0. The summed E-state index contributed by atoms with van der Waals surface area (Å²) in [6.45, 7) is 3.87.